The fourth-order valence-corrected chi connectivity index (χ4v) is 3.54. The van der Waals surface area contributed by atoms with Crippen LogP contribution >= 0.6 is 0 Å². The van der Waals surface area contributed by atoms with Crippen molar-refractivity contribution in [1.29, 1.82) is 0 Å². The van der Waals surface area contributed by atoms with Gasteiger partial charge in [0.05, 0.1) is 6.04 Å². The molecule has 3 rings (SSSR count). The topological polar surface area (TPSA) is 25.2 Å². The zero-order chi connectivity index (χ0) is 14.1. The number of rotatable bonds is 4. The summed E-state index contributed by atoms with van der Waals surface area (Å²) in [5.41, 5.74) is 0.773. The highest BCUT2D eigenvalue weighted by Gasteiger charge is 2.33. The molecule has 1 aliphatic rings. The van der Waals surface area contributed by atoms with Gasteiger partial charge in [0, 0.05) is 5.39 Å². The van der Waals surface area contributed by atoms with E-state index in [9.17, 15) is 4.39 Å². The van der Waals surface area contributed by atoms with Gasteiger partial charge in [0.25, 0.3) is 0 Å². The molecule has 0 bridgehead atoms. The summed E-state index contributed by atoms with van der Waals surface area (Å²) >= 11 is 0. The molecule has 1 aromatic heterocycles. The van der Waals surface area contributed by atoms with E-state index in [-0.39, 0.29) is 11.9 Å². The maximum Gasteiger partial charge on any atom is 0.134 e. The van der Waals surface area contributed by atoms with Gasteiger partial charge in [-0.15, -0.1) is 0 Å². The lowest BCUT2D eigenvalue weighted by molar-refractivity contribution is 0.273. The molecule has 1 N–H and O–H groups in total. The SMILES string of the molecule is CCNC(c1cc2cc(F)ccc2o1)C1CCCC1C. The Morgan fingerprint density at radius 2 is 2.20 bits per heavy atom. The van der Waals surface area contributed by atoms with Crippen LogP contribution < -0.4 is 5.32 Å². The van der Waals surface area contributed by atoms with Crippen molar-refractivity contribution in [2.24, 2.45) is 11.8 Å². The second kappa shape index (κ2) is 5.57. The highest BCUT2D eigenvalue weighted by molar-refractivity contribution is 5.78. The number of halogens is 1. The number of hydrogen-bond acceptors (Lipinski definition) is 2. The van der Waals surface area contributed by atoms with Crippen molar-refractivity contribution in [1.82, 2.24) is 5.32 Å². The summed E-state index contributed by atoms with van der Waals surface area (Å²) in [6.07, 6.45) is 3.83. The van der Waals surface area contributed by atoms with Crippen LogP contribution in [0.25, 0.3) is 11.0 Å². The van der Waals surface area contributed by atoms with Crippen LogP contribution in [0.2, 0.25) is 0 Å². The van der Waals surface area contributed by atoms with E-state index in [1.54, 1.807) is 12.1 Å². The van der Waals surface area contributed by atoms with E-state index in [0.717, 1.165) is 23.3 Å². The van der Waals surface area contributed by atoms with E-state index in [0.29, 0.717) is 11.8 Å². The van der Waals surface area contributed by atoms with Crippen LogP contribution in [0.3, 0.4) is 0 Å². The minimum atomic E-state index is -0.209. The second-order valence-electron chi connectivity index (χ2n) is 5.94. The number of furan rings is 1. The standard InChI is InChI=1S/C17H22FNO/c1-3-19-17(14-6-4-5-11(14)2)16-10-12-9-13(18)7-8-15(12)20-16/h7-11,14,17,19H,3-6H2,1-2H3. The number of nitrogens with one attached hydrogen (secondary N) is 1. The van der Waals surface area contributed by atoms with E-state index >= 15 is 0 Å². The van der Waals surface area contributed by atoms with Gasteiger partial charge >= 0.3 is 0 Å². The predicted molar refractivity (Wildman–Crippen MR) is 79.1 cm³/mol. The molecule has 3 atom stereocenters. The first-order valence-corrected chi connectivity index (χ1v) is 7.61. The summed E-state index contributed by atoms with van der Waals surface area (Å²) in [5, 5.41) is 4.41. The molecule has 1 saturated carbocycles. The maximum absolute atomic E-state index is 13.3. The fraction of sp³-hybridized carbons (Fsp3) is 0.529. The molecule has 20 heavy (non-hydrogen) atoms. The van der Waals surface area contributed by atoms with Gasteiger partial charge in [0.15, 0.2) is 0 Å². The van der Waals surface area contributed by atoms with E-state index in [2.05, 4.69) is 19.2 Å². The molecule has 108 valence electrons. The van der Waals surface area contributed by atoms with Crippen LogP contribution in [-0.2, 0) is 0 Å². The van der Waals surface area contributed by atoms with E-state index in [1.807, 2.05) is 6.07 Å². The van der Waals surface area contributed by atoms with Gasteiger partial charge < -0.3 is 9.73 Å². The molecule has 3 unspecified atom stereocenters. The van der Waals surface area contributed by atoms with Crippen LogP contribution in [0.15, 0.2) is 28.7 Å². The van der Waals surface area contributed by atoms with Crippen molar-refractivity contribution in [3.8, 4) is 0 Å². The van der Waals surface area contributed by atoms with Gasteiger partial charge in [0.1, 0.15) is 17.2 Å². The van der Waals surface area contributed by atoms with Crippen molar-refractivity contribution < 1.29 is 8.81 Å². The first kappa shape index (κ1) is 13.6. The van der Waals surface area contributed by atoms with Gasteiger partial charge in [-0.3, -0.25) is 0 Å². The first-order valence-electron chi connectivity index (χ1n) is 7.61. The third-order valence-corrected chi connectivity index (χ3v) is 4.58. The van der Waals surface area contributed by atoms with Gasteiger partial charge in [-0.1, -0.05) is 26.7 Å². The van der Waals surface area contributed by atoms with Crippen molar-refractivity contribution in [2.45, 2.75) is 39.2 Å². The van der Waals surface area contributed by atoms with Crippen molar-refractivity contribution in [3.63, 3.8) is 0 Å². The predicted octanol–water partition coefficient (Wildman–Crippen LogP) is 4.66. The lowest BCUT2D eigenvalue weighted by Crippen LogP contribution is -2.29. The molecule has 0 saturated heterocycles. The number of hydrogen-bond donors (Lipinski definition) is 1. The van der Waals surface area contributed by atoms with E-state index in [1.165, 1.54) is 25.3 Å². The van der Waals surface area contributed by atoms with Crippen molar-refractivity contribution >= 4 is 11.0 Å². The Morgan fingerprint density at radius 1 is 1.35 bits per heavy atom. The Hall–Kier alpha value is -1.35. The van der Waals surface area contributed by atoms with Crippen LogP contribution in [0, 0.1) is 17.7 Å². The Morgan fingerprint density at radius 3 is 2.90 bits per heavy atom. The van der Waals surface area contributed by atoms with E-state index in [4.69, 9.17) is 4.42 Å². The molecule has 2 aromatic rings. The molecule has 1 fully saturated rings. The minimum Gasteiger partial charge on any atom is -0.459 e. The largest absolute Gasteiger partial charge is 0.459 e. The lowest BCUT2D eigenvalue weighted by Gasteiger charge is -2.25. The average Bonchev–Trinajstić information content (AvgIpc) is 3.01. The summed E-state index contributed by atoms with van der Waals surface area (Å²) in [6, 6.07) is 6.96. The van der Waals surface area contributed by atoms with E-state index < -0.39 is 0 Å². The Labute approximate surface area is 119 Å². The van der Waals surface area contributed by atoms with Gasteiger partial charge in [-0.05, 0) is 49.1 Å². The van der Waals surface area contributed by atoms with Crippen LogP contribution in [-0.4, -0.2) is 6.54 Å². The molecule has 1 aromatic carbocycles. The summed E-state index contributed by atoms with van der Waals surface area (Å²) in [4.78, 5) is 0. The molecule has 1 aliphatic carbocycles. The highest BCUT2D eigenvalue weighted by Crippen LogP contribution is 2.41. The lowest BCUT2D eigenvalue weighted by atomic mass is 9.88. The molecule has 3 heteroatoms. The zero-order valence-electron chi connectivity index (χ0n) is 12.2. The molecule has 0 radical (unpaired) electrons. The first-order chi connectivity index (χ1) is 9.69. The third-order valence-electron chi connectivity index (χ3n) is 4.58. The normalized spacial score (nSPS) is 24.4. The number of benzene rings is 1. The summed E-state index contributed by atoms with van der Waals surface area (Å²) < 4.78 is 19.3. The molecular formula is C17H22FNO. The molecule has 1 heterocycles. The fourth-order valence-electron chi connectivity index (χ4n) is 3.54. The summed E-state index contributed by atoms with van der Waals surface area (Å²) in [6.45, 7) is 5.36. The van der Waals surface area contributed by atoms with Crippen molar-refractivity contribution in [2.75, 3.05) is 6.54 Å². The Bertz CT molecular complexity index is 592. The molecule has 0 amide bonds. The zero-order valence-corrected chi connectivity index (χ0v) is 12.2. The Balaban J connectivity index is 1.96. The van der Waals surface area contributed by atoms with Crippen LogP contribution in [0.1, 0.15) is 44.9 Å². The summed E-state index contributed by atoms with van der Waals surface area (Å²) in [5.74, 6) is 2.06. The van der Waals surface area contributed by atoms with Gasteiger partial charge in [-0.2, -0.15) is 0 Å². The van der Waals surface area contributed by atoms with Crippen LogP contribution in [0.4, 0.5) is 4.39 Å². The second-order valence-corrected chi connectivity index (χ2v) is 5.94. The Kier molecular flexibility index (Phi) is 3.79. The van der Waals surface area contributed by atoms with Gasteiger partial charge in [0.2, 0.25) is 0 Å². The minimum absolute atomic E-state index is 0.209. The highest BCUT2D eigenvalue weighted by atomic mass is 19.1. The molecule has 2 nitrogen and oxygen atoms in total. The van der Waals surface area contributed by atoms with Gasteiger partial charge in [-0.25, -0.2) is 4.39 Å². The molecule has 0 aliphatic heterocycles. The smallest absolute Gasteiger partial charge is 0.134 e. The number of fused-ring (bicyclic) bond motifs is 1. The molecular weight excluding hydrogens is 253 g/mol. The van der Waals surface area contributed by atoms with Crippen LogP contribution in [0.5, 0.6) is 0 Å². The maximum atomic E-state index is 13.3. The quantitative estimate of drug-likeness (QED) is 0.878. The summed E-state index contributed by atoms with van der Waals surface area (Å²) in [7, 11) is 0. The monoisotopic (exact) mass is 275 g/mol. The van der Waals surface area contributed by atoms with Crippen molar-refractivity contribution in [3.05, 3.63) is 35.8 Å². The molecule has 0 spiro atoms. The average molecular weight is 275 g/mol. The third kappa shape index (κ3) is 2.47.